The standard InChI is InChI=1S/C14H18FN3O2/c15-11-5-1-2-6-12(11)17-13(19)9-18-7-3-4-10(8-18)14(16)20/h1-2,5-6,10H,3-4,7-9H2,(H2,16,20)(H,17,19)/p+1/t10-/m0/s1. The number of halogens is 1. The van der Waals surface area contributed by atoms with Crippen molar-refractivity contribution >= 4 is 17.5 Å². The Kier molecular flexibility index (Phi) is 4.68. The monoisotopic (exact) mass is 280 g/mol. The number of piperidine rings is 1. The third kappa shape index (κ3) is 3.77. The Labute approximate surface area is 116 Å². The Balaban J connectivity index is 1.88. The summed E-state index contributed by atoms with van der Waals surface area (Å²) in [4.78, 5) is 24.1. The maximum atomic E-state index is 13.4. The Morgan fingerprint density at radius 1 is 1.40 bits per heavy atom. The van der Waals surface area contributed by atoms with Gasteiger partial charge in [0.25, 0.3) is 5.91 Å². The van der Waals surface area contributed by atoms with Crippen molar-refractivity contribution in [2.24, 2.45) is 11.7 Å². The van der Waals surface area contributed by atoms with E-state index in [1.807, 2.05) is 0 Å². The summed E-state index contributed by atoms with van der Waals surface area (Å²) in [6.07, 6.45) is 1.66. The second-order valence-corrected chi connectivity index (χ2v) is 5.15. The topological polar surface area (TPSA) is 76.6 Å². The van der Waals surface area contributed by atoms with Gasteiger partial charge in [0, 0.05) is 0 Å². The van der Waals surface area contributed by atoms with Crippen LogP contribution < -0.4 is 16.0 Å². The zero-order chi connectivity index (χ0) is 14.5. The second kappa shape index (κ2) is 6.47. The van der Waals surface area contributed by atoms with Gasteiger partial charge in [-0.25, -0.2) is 4.39 Å². The lowest BCUT2D eigenvalue weighted by atomic mass is 9.97. The number of quaternary nitrogens is 1. The highest BCUT2D eigenvalue weighted by Gasteiger charge is 2.28. The normalized spacial score (nSPS) is 22.2. The number of carbonyl (C=O) groups excluding carboxylic acids is 2. The van der Waals surface area contributed by atoms with Crippen molar-refractivity contribution in [1.82, 2.24) is 0 Å². The molecule has 108 valence electrons. The Hall–Kier alpha value is -1.95. The number of nitrogens with two attached hydrogens (primary N) is 1. The number of anilines is 1. The molecule has 0 radical (unpaired) electrons. The van der Waals surface area contributed by atoms with Crippen LogP contribution in [0.4, 0.5) is 10.1 Å². The van der Waals surface area contributed by atoms with E-state index in [-0.39, 0.29) is 30.0 Å². The summed E-state index contributed by atoms with van der Waals surface area (Å²) in [5, 5.41) is 2.55. The number of para-hydroxylation sites is 1. The molecule has 5 nitrogen and oxygen atoms in total. The Bertz CT molecular complexity index is 507. The van der Waals surface area contributed by atoms with Gasteiger partial charge in [-0.2, -0.15) is 0 Å². The molecule has 1 aromatic rings. The molecule has 2 amide bonds. The second-order valence-electron chi connectivity index (χ2n) is 5.15. The largest absolute Gasteiger partial charge is 0.369 e. The van der Waals surface area contributed by atoms with Crippen molar-refractivity contribution < 1.29 is 18.9 Å². The van der Waals surface area contributed by atoms with E-state index in [2.05, 4.69) is 5.32 Å². The van der Waals surface area contributed by atoms with Crippen LogP contribution in [0.15, 0.2) is 24.3 Å². The first kappa shape index (κ1) is 14.5. The molecule has 1 aliphatic rings. The number of carbonyl (C=O) groups is 2. The van der Waals surface area contributed by atoms with E-state index in [4.69, 9.17) is 5.73 Å². The molecule has 1 heterocycles. The van der Waals surface area contributed by atoms with Crippen LogP contribution in [0.5, 0.6) is 0 Å². The van der Waals surface area contributed by atoms with Gasteiger partial charge in [0.1, 0.15) is 5.82 Å². The van der Waals surface area contributed by atoms with Crippen molar-refractivity contribution in [1.29, 1.82) is 0 Å². The van der Waals surface area contributed by atoms with Crippen LogP contribution in [0.1, 0.15) is 12.8 Å². The van der Waals surface area contributed by atoms with Crippen LogP contribution in [0.2, 0.25) is 0 Å². The van der Waals surface area contributed by atoms with Crippen LogP contribution in [-0.2, 0) is 9.59 Å². The van der Waals surface area contributed by atoms with Crippen LogP contribution in [-0.4, -0.2) is 31.4 Å². The predicted molar refractivity (Wildman–Crippen MR) is 72.5 cm³/mol. The van der Waals surface area contributed by atoms with Gasteiger partial charge in [-0.05, 0) is 25.0 Å². The molecule has 2 atom stereocenters. The smallest absolute Gasteiger partial charge is 0.279 e. The molecule has 0 aromatic heterocycles. The summed E-state index contributed by atoms with van der Waals surface area (Å²) in [6, 6.07) is 6.05. The molecule has 0 bridgehead atoms. The van der Waals surface area contributed by atoms with Crippen LogP contribution in [0.3, 0.4) is 0 Å². The van der Waals surface area contributed by atoms with Crippen LogP contribution >= 0.6 is 0 Å². The lowest BCUT2D eigenvalue weighted by molar-refractivity contribution is -0.899. The van der Waals surface area contributed by atoms with Gasteiger partial charge in [0.15, 0.2) is 6.54 Å². The minimum atomic E-state index is -0.454. The number of primary amides is 1. The SMILES string of the molecule is NC(=O)[C@H]1CCC[NH+](CC(=O)Nc2ccccc2F)C1. The first-order valence-corrected chi connectivity index (χ1v) is 6.73. The molecule has 0 spiro atoms. The third-order valence-electron chi connectivity index (χ3n) is 3.58. The number of hydrogen-bond donors (Lipinski definition) is 3. The summed E-state index contributed by atoms with van der Waals surface area (Å²) in [6.45, 7) is 1.62. The van der Waals surface area contributed by atoms with Crippen molar-refractivity contribution in [2.75, 3.05) is 25.0 Å². The molecule has 1 unspecified atom stereocenters. The minimum absolute atomic E-state index is 0.167. The lowest BCUT2D eigenvalue weighted by Crippen LogP contribution is -3.14. The average Bonchev–Trinajstić information content (AvgIpc) is 2.41. The van der Waals surface area contributed by atoms with Crippen molar-refractivity contribution in [3.63, 3.8) is 0 Å². The molecule has 1 aliphatic heterocycles. The van der Waals surface area contributed by atoms with Gasteiger partial charge in [0.05, 0.1) is 24.7 Å². The molecular formula is C14H19FN3O2+. The highest BCUT2D eigenvalue weighted by Crippen LogP contribution is 2.11. The lowest BCUT2D eigenvalue weighted by Gasteiger charge is -2.27. The van der Waals surface area contributed by atoms with E-state index in [1.54, 1.807) is 12.1 Å². The molecule has 1 aromatic carbocycles. The Morgan fingerprint density at radius 3 is 2.85 bits per heavy atom. The Morgan fingerprint density at radius 2 is 2.15 bits per heavy atom. The summed E-state index contributed by atoms with van der Waals surface area (Å²) >= 11 is 0. The number of nitrogens with one attached hydrogen (secondary N) is 2. The molecule has 1 saturated heterocycles. The van der Waals surface area contributed by atoms with Crippen molar-refractivity contribution in [2.45, 2.75) is 12.8 Å². The third-order valence-corrected chi connectivity index (χ3v) is 3.58. The highest BCUT2D eigenvalue weighted by molar-refractivity contribution is 5.91. The molecule has 1 fully saturated rings. The molecule has 4 N–H and O–H groups in total. The predicted octanol–water partition coefficient (Wildman–Crippen LogP) is -0.456. The minimum Gasteiger partial charge on any atom is -0.369 e. The van der Waals surface area contributed by atoms with Crippen LogP contribution in [0, 0.1) is 11.7 Å². The maximum absolute atomic E-state index is 13.4. The quantitative estimate of drug-likeness (QED) is 0.698. The van der Waals surface area contributed by atoms with Gasteiger partial charge in [0.2, 0.25) is 5.91 Å². The average molecular weight is 280 g/mol. The molecule has 6 heteroatoms. The van der Waals surface area contributed by atoms with Gasteiger partial charge in [-0.1, -0.05) is 12.1 Å². The summed E-state index contributed by atoms with van der Waals surface area (Å²) in [5.41, 5.74) is 5.48. The number of likely N-dealkylation sites (tertiary alicyclic amines) is 1. The van der Waals surface area contributed by atoms with Crippen LogP contribution in [0.25, 0.3) is 0 Å². The fraction of sp³-hybridized carbons (Fsp3) is 0.429. The van der Waals surface area contributed by atoms with Crippen molar-refractivity contribution in [3.05, 3.63) is 30.1 Å². The number of amides is 2. The van der Waals surface area contributed by atoms with E-state index in [0.29, 0.717) is 6.54 Å². The van der Waals surface area contributed by atoms with Gasteiger partial charge in [-0.15, -0.1) is 0 Å². The van der Waals surface area contributed by atoms with Gasteiger partial charge >= 0.3 is 0 Å². The van der Waals surface area contributed by atoms with Crippen molar-refractivity contribution in [3.8, 4) is 0 Å². The molecule has 20 heavy (non-hydrogen) atoms. The highest BCUT2D eigenvalue weighted by atomic mass is 19.1. The zero-order valence-electron chi connectivity index (χ0n) is 11.2. The number of rotatable bonds is 4. The summed E-state index contributed by atoms with van der Waals surface area (Å²) in [7, 11) is 0. The zero-order valence-corrected chi connectivity index (χ0v) is 11.2. The van der Waals surface area contributed by atoms with E-state index < -0.39 is 5.82 Å². The van der Waals surface area contributed by atoms with Gasteiger partial charge < -0.3 is 16.0 Å². The molecule has 2 rings (SSSR count). The molecule has 0 saturated carbocycles. The number of hydrogen-bond acceptors (Lipinski definition) is 2. The number of benzene rings is 1. The van der Waals surface area contributed by atoms with E-state index in [0.717, 1.165) is 24.3 Å². The fourth-order valence-corrected chi connectivity index (χ4v) is 2.54. The first-order valence-electron chi connectivity index (χ1n) is 6.73. The molecular weight excluding hydrogens is 261 g/mol. The van der Waals surface area contributed by atoms with Gasteiger partial charge in [-0.3, -0.25) is 9.59 Å². The first-order chi connectivity index (χ1) is 9.56. The fourth-order valence-electron chi connectivity index (χ4n) is 2.54. The van der Waals surface area contributed by atoms with E-state index >= 15 is 0 Å². The van der Waals surface area contributed by atoms with E-state index in [1.165, 1.54) is 12.1 Å². The summed E-state index contributed by atoms with van der Waals surface area (Å²) in [5.74, 6) is -1.18. The summed E-state index contributed by atoms with van der Waals surface area (Å²) < 4.78 is 13.4. The molecule has 0 aliphatic carbocycles. The van der Waals surface area contributed by atoms with E-state index in [9.17, 15) is 14.0 Å². The maximum Gasteiger partial charge on any atom is 0.279 e.